The van der Waals surface area contributed by atoms with E-state index in [1.807, 2.05) is 12.1 Å². The second kappa shape index (κ2) is 6.38. The van der Waals surface area contributed by atoms with Crippen LogP contribution in [0.3, 0.4) is 0 Å². The van der Waals surface area contributed by atoms with Crippen LogP contribution in [0.25, 0.3) is 11.1 Å². The number of amides is 1. The van der Waals surface area contributed by atoms with E-state index in [9.17, 15) is 9.59 Å². The first-order valence-electron chi connectivity index (χ1n) is 8.07. The molecule has 1 fully saturated rings. The molecule has 1 aliphatic carbocycles. The molecule has 1 aromatic carbocycles. The molecular weight excluding hydrogens is 280 g/mol. The number of oxazole rings is 1. The van der Waals surface area contributed by atoms with Crippen LogP contribution in [0.15, 0.2) is 33.5 Å². The Morgan fingerprint density at radius 3 is 2.64 bits per heavy atom. The summed E-state index contributed by atoms with van der Waals surface area (Å²) in [6.45, 7) is 1.75. The third-order valence-corrected chi connectivity index (χ3v) is 4.49. The molecule has 1 atom stereocenters. The molecule has 1 unspecified atom stereocenters. The molecule has 2 aromatic rings. The number of rotatable bonds is 3. The topological polar surface area (TPSA) is 64.2 Å². The number of fused-ring (bicyclic) bond motifs is 1. The Morgan fingerprint density at radius 2 is 1.91 bits per heavy atom. The van der Waals surface area contributed by atoms with Gasteiger partial charge in [0.15, 0.2) is 5.58 Å². The highest BCUT2D eigenvalue weighted by molar-refractivity contribution is 5.83. The number of para-hydroxylation sites is 2. The summed E-state index contributed by atoms with van der Waals surface area (Å²) in [7, 11) is 0. The standard InChI is InChI=1S/C17H22N2O3/c1-12(16(20)18-13-8-4-2-3-5-9-13)19-14-10-6-7-11-15(14)22-17(19)21/h6-7,10-13H,2-5,8-9H2,1H3,(H,18,20). The van der Waals surface area contributed by atoms with Crippen LogP contribution >= 0.6 is 0 Å². The molecule has 1 heterocycles. The minimum Gasteiger partial charge on any atom is -0.408 e. The highest BCUT2D eigenvalue weighted by Crippen LogP contribution is 2.20. The Balaban J connectivity index is 1.79. The summed E-state index contributed by atoms with van der Waals surface area (Å²) < 4.78 is 6.64. The fourth-order valence-electron chi connectivity index (χ4n) is 3.21. The van der Waals surface area contributed by atoms with Gasteiger partial charge in [-0.3, -0.25) is 9.36 Å². The second-order valence-corrected chi connectivity index (χ2v) is 6.08. The van der Waals surface area contributed by atoms with Crippen molar-refractivity contribution in [3.05, 3.63) is 34.8 Å². The van der Waals surface area contributed by atoms with Crippen molar-refractivity contribution < 1.29 is 9.21 Å². The fourth-order valence-corrected chi connectivity index (χ4v) is 3.21. The van der Waals surface area contributed by atoms with Gasteiger partial charge in [0.1, 0.15) is 6.04 Å². The van der Waals surface area contributed by atoms with Crippen LogP contribution in [0.2, 0.25) is 0 Å². The van der Waals surface area contributed by atoms with Crippen LogP contribution in [0.1, 0.15) is 51.5 Å². The third-order valence-electron chi connectivity index (χ3n) is 4.49. The van der Waals surface area contributed by atoms with Crippen LogP contribution in [-0.4, -0.2) is 16.5 Å². The SMILES string of the molecule is CC(C(=O)NC1CCCCCC1)n1c(=O)oc2ccccc21. The molecule has 1 saturated carbocycles. The van der Waals surface area contributed by atoms with Gasteiger partial charge in [-0.15, -0.1) is 0 Å². The van der Waals surface area contributed by atoms with Gasteiger partial charge in [0.05, 0.1) is 5.52 Å². The molecule has 22 heavy (non-hydrogen) atoms. The summed E-state index contributed by atoms with van der Waals surface area (Å²) in [6.07, 6.45) is 6.86. The number of aromatic nitrogens is 1. The zero-order valence-corrected chi connectivity index (χ0v) is 12.9. The first-order chi connectivity index (χ1) is 10.7. The normalized spacial score (nSPS) is 18.0. The molecule has 0 aliphatic heterocycles. The molecule has 0 spiro atoms. The van der Waals surface area contributed by atoms with Crippen LogP contribution < -0.4 is 11.1 Å². The van der Waals surface area contributed by atoms with Crippen molar-refractivity contribution in [1.82, 2.24) is 9.88 Å². The molecule has 0 bridgehead atoms. The average Bonchev–Trinajstić information content (AvgIpc) is 2.67. The number of carbonyl (C=O) groups is 1. The van der Waals surface area contributed by atoms with Gasteiger partial charge in [-0.05, 0) is 31.9 Å². The van der Waals surface area contributed by atoms with Crippen molar-refractivity contribution in [2.24, 2.45) is 0 Å². The van der Waals surface area contributed by atoms with Gasteiger partial charge >= 0.3 is 5.76 Å². The highest BCUT2D eigenvalue weighted by atomic mass is 16.4. The average molecular weight is 302 g/mol. The van der Waals surface area contributed by atoms with E-state index in [1.54, 1.807) is 19.1 Å². The van der Waals surface area contributed by atoms with Crippen molar-refractivity contribution in [3.63, 3.8) is 0 Å². The van der Waals surface area contributed by atoms with E-state index < -0.39 is 11.8 Å². The van der Waals surface area contributed by atoms with Gasteiger partial charge in [-0.1, -0.05) is 37.8 Å². The van der Waals surface area contributed by atoms with E-state index in [-0.39, 0.29) is 11.9 Å². The van der Waals surface area contributed by atoms with Crippen LogP contribution in [0.4, 0.5) is 0 Å². The summed E-state index contributed by atoms with van der Waals surface area (Å²) in [5, 5.41) is 3.10. The number of nitrogens with zero attached hydrogens (tertiary/aromatic N) is 1. The fraction of sp³-hybridized carbons (Fsp3) is 0.529. The molecule has 118 valence electrons. The minimum absolute atomic E-state index is 0.111. The van der Waals surface area contributed by atoms with Crippen LogP contribution in [-0.2, 0) is 4.79 Å². The molecule has 5 nitrogen and oxygen atoms in total. The lowest BCUT2D eigenvalue weighted by atomic mass is 10.1. The Hall–Kier alpha value is -2.04. The number of hydrogen-bond acceptors (Lipinski definition) is 3. The number of benzene rings is 1. The number of carbonyl (C=O) groups excluding carboxylic acids is 1. The van der Waals surface area contributed by atoms with Crippen molar-refractivity contribution in [2.45, 2.75) is 57.5 Å². The lowest BCUT2D eigenvalue weighted by molar-refractivity contribution is -0.124. The molecule has 1 aliphatic rings. The lowest BCUT2D eigenvalue weighted by Gasteiger charge is -2.19. The van der Waals surface area contributed by atoms with Gasteiger partial charge in [0.25, 0.3) is 0 Å². The molecule has 1 N–H and O–H groups in total. The summed E-state index contributed by atoms with van der Waals surface area (Å²) in [5.41, 5.74) is 1.18. The molecule has 1 aromatic heterocycles. The summed E-state index contributed by atoms with van der Waals surface area (Å²) in [6, 6.07) is 6.85. The van der Waals surface area contributed by atoms with E-state index in [0.717, 1.165) is 25.7 Å². The lowest BCUT2D eigenvalue weighted by Crippen LogP contribution is -2.40. The smallest absolute Gasteiger partial charge is 0.408 e. The van der Waals surface area contributed by atoms with Gasteiger partial charge in [-0.25, -0.2) is 4.79 Å². The van der Waals surface area contributed by atoms with Crippen molar-refractivity contribution in [2.75, 3.05) is 0 Å². The Morgan fingerprint density at radius 1 is 1.23 bits per heavy atom. The van der Waals surface area contributed by atoms with E-state index in [1.165, 1.54) is 17.4 Å². The zero-order chi connectivity index (χ0) is 15.5. The first-order valence-corrected chi connectivity index (χ1v) is 8.07. The van der Waals surface area contributed by atoms with Crippen molar-refractivity contribution in [1.29, 1.82) is 0 Å². The second-order valence-electron chi connectivity index (χ2n) is 6.08. The maximum Gasteiger partial charge on any atom is 0.420 e. The Kier molecular flexibility index (Phi) is 4.32. The maximum absolute atomic E-state index is 12.5. The molecule has 1 amide bonds. The first kappa shape index (κ1) is 14.9. The van der Waals surface area contributed by atoms with E-state index in [0.29, 0.717) is 11.1 Å². The van der Waals surface area contributed by atoms with Crippen LogP contribution in [0.5, 0.6) is 0 Å². The third kappa shape index (κ3) is 2.93. The Labute approximate surface area is 129 Å². The molecule has 0 saturated heterocycles. The predicted octanol–water partition coefficient (Wildman–Crippen LogP) is 2.99. The van der Waals surface area contributed by atoms with Crippen LogP contribution in [0, 0.1) is 0 Å². The monoisotopic (exact) mass is 302 g/mol. The number of hydrogen-bond donors (Lipinski definition) is 1. The van der Waals surface area contributed by atoms with Gasteiger partial charge < -0.3 is 9.73 Å². The van der Waals surface area contributed by atoms with Gasteiger partial charge in [0.2, 0.25) is 5.91 Å². The summed E-state index contributed by atoms with van der Waals surface area (Å²) >= 11 is 0. The minimum atomic E-state index is -0.570. The number of nitrogens with one attached hydrogen (secondary N) is 1. The summed E-state index contributed by atoms with van der Waals surface area (Å²) in [4.78, 5) is 24.6. The summed E-state index contributed by atoms with van der Waals surface area (Å²) in [5.74, 6) is -0.592. The highest BCUT2D eigenvalue weighted by Gasteiger charge is 2.23. The van der Waals surface area contributed by atoms with E-state index in [4.69, 9.17) is 4.42 Å². The predicted molar refractivity (Wildman–Crippen MR) is 84.8 cm³/mol. The maximum atomic E-state index is 12.5. The zero-order valence-electron chi connectivity index (χ0n) is 12.9. The van der Waals surface area contributed by atoms with Gasteiger partial charge in [-0.2, -0.15) is 0 Å². The quantitative estimate of drug-likeness (QED) is 0.886. The van der Waals surface area contributed by atoms with Crippen molar-refractivity contribution >= 4 is 17.0 Å². The largest absolute Gasteiger partial charge is 0.420 e. The van der Waals surface area contributed by atoms with Crippen molar-refractivity contribution in [3.8, 4) is 0 Å². The van der Waals surface area contributed by atoms with E-state index >= 15 is 0 Å². The van der Waals surface area contributed by atoms with E-state index in [2.05, 4.69) is 5.32 Å². The van der Waals surface area contributed by atoms with Gasteiger partial charge in [0, 0.05) is 6.04 Å². The molecular formula is C17H22N2O3. The molecule has 0 radical (unpaired) electrons. The molecule has 3 rings (SSSR count). The Bertz CT molecular complexity index is 708. The molecule has 5 heteroatoms.